The summed E-state index contributed by atoms with van der Waals surface area (Å²) in [5, 5.41) is 0. The molecule has 1 saturated carbocycles. The lowest BCUT2D eigenvalue weighted by molar-refractivity contribution is -0.123. The fourth-order valence-electron chi connectivity index (χ4n) is 3.23. The molecule has 0 atom stereocenters. The van der Waals surface area contributed by atoms with Gasteiger partial charge in [0, 0.05) is 29.4 Å². The quantitative estimate of drug-likeness (QED) is 0.850. The number of anilines is 1. The number of methoxy groups -OCH3 is 1. The van der Waals surface area contributed by atoms with E-state index >= 15 is 0 Å². The molecule has 5 heteroatoms. The Labute approximate surface area is 146 Å². The molecule has 0 aromatic heterocycles. The number of ether oxygens (including phenoxy) is 2. The van der Waals surface area contributed by atoms with Crippen molar-refractivity contribution in [2.45, 2.75) is 19.4 Å². The van der Waals surface area contributed by atoms with E-state index in [0.29, 0.717) is 18.3 Å². The molecule has 1 fully saturated rings. The highest BCUT2D eigenvalue weighted by Gasteiger charge is 2.30. The molecule has 1 heterocycles. The van der Waals surface area contributed by atoms with Gasteiger partial charge in [0.1, 0.15) is 18.2 Å². The van der Waals surface area contributed by atoms with Gasteiger partial charge in [-0.3, -0.25) is 4.79 Å². The SMILES string of the molecule is COc1cc(F)ccc1-c1ccc2c(c1)N(CC1CC1)C(=O)COC2. The van der Waals surface area contributed by atoms with Crippen LogP contribution in [0, 0.1) is 11.7 Å². The molecule has 1 amide bonds. The van der Waals surface area contributed by atoms with E-state index in [-0.39, 0.29) is 18.3 Å². The van der Waals surface area contributed by atoms with Crippen LogP contribution in [-0.4, -0.2) is 26.2 Å². The maximum Gasteiger partial charge on any atom is 0.253 e. The van der Waals surface area contributed by atoms with Crippen molar-refractivity contribution >= 4 is 11.6 Å². The second kappa shape index (κ2) is 6.48. The summed E-state index contributed by atoms with van der Waals surface area (Å²) in [5.41, 5.74) is 3.58. The maximum absolute atomic E-state index is 13.5. The Hall–Kier alpha value is -2.40. The topological polar surface area (TPSA) is 38.8 Å². The largest absolute Gasteiger partial charge is 0.496 e. The van der Waals surface area contributed by atoms with E-state index < -0.39 is 0 Å². The normalized spacial score (nSPS) is 17.2. The summed E-state index contributed by atoms with van der Waals surface area (Å²) in [6, 6.07) is 10.4. The predicted molar refractivity (Wildman–Crippen MR) is 93.1 cm³/mol. The monoisotopic (exact) mass is 341 g/mol. The first-order valence-electron chi connectivity index (χ1n) is 8.50. The van der Waals surface area contributed by atoms with E-state index in [1.54, 1.807) is 6.07 Å². The summed E-state index contributed by atoms with van der Waals surface area (Å²) in [6.07, 6.45) is 2.34. The summed E-state index contributed by atoms with van der Waals surface area (Å²) in [4.78, 5) is 14.3. The van der Waals surface area contributed by atoms with Crippen LogP contribution in [0.1, 0.15) is 18.4 Å². The van der Waals surface area contributed by atoms with Gasteiger partial charge in [0.05, 0.1) is 13.7 Å². The highest BCUT2D eigenvalue weighted by Crippen LogP contribution is 2.37. The molecular formula is C20H20FNO3. The Bertz CT molecular complexity index is 817. The van der Waals surface area contributed by atoms with Crippen LogP contribution in [0.5, 0.6) is 5.75 Å². The van der Waals surface area contributed by atoms with Gasteiger partial charge in [0.25, 0.3) is 5.91 Å². The van der Waals surface area contributed by atoms with Gasteiger partial charge in [-0.25, -0.2) is 4.39 Å². The van der Waals surface area contributed by atoms with Crippen LogP contribution in [0.15, 0.2) is 36.4 Å². The molecule has 130 valence electrons. The first kappa shape index (κ1) is 16.1. The lowest BCUT2D eigenvalue weighted by Crippen LogP contribution is -2.34. The molecule has 2 aromatic carbocycles. The summed E-state index contributed by atoms with van der Waals surface area (Å²) >= 11 is 0. The van der Waals surface area contributed by atoms with E-state index in [1.165, 1.54) is 32.1 Å². The number of hydrogen-bond donors (Lipinski definition) is 0. The zero-order chi connectivity index (χ0) is 17.4. The van der Waals surface area contributed by atoms with Crippen LogP contribution in [-0.2, 0) is 16.1 Å². The van der Waals surface area contributed by atoms with Crippen molar-refractivity contribution in [2.24, 2.45) is 5.92 Å². The third kappa shape index (κ3) is 3.24. The second-order valence-corrected chi connectivity index (χ2v) is 6.63. The fraction of sp³-hybridized carbons (Fsp3) is 0.350. The van der Waals surface area contributed by atoms with Crippen molar-refractivity contribution in [3.8, 4) is 16.9 Å². The second-order valence-electron chi connectivity index (χ2n) is 6.63. The standard InChI is InChI=1S/C20H20FNO3/c1-24-19-9-16(21)6-7-17(19)14-4-5-15-11-25-12-20(23)22(18(15)8-14)10-13-2-3-13/h4-9,13H,2-3,10-12H2,1H3. The molecular weight excluding hydrogens is 321 g/mol. The van der Waals surface area contributed by atoms with Gasteiger partial charge < -0.3 is 14.4 Å². The van der Waals surface area contributed by atoms with E-state index in [9.17, 15) is 9.18 Å². The molecule has 25 heavy (non-hydrogen) atoms. The number of carbonyl (C=O) groups excluding carboxylic acids is 1. The molecule has 2 aliphatic rings. The zero-order valence-electron chi connectivity index (χ0n) is 14.1. The van der Waals surface area contributed by atoms with Gasteiger partial charge in [-0.15, -0.1) is 0 Å². The Morgan fingerprint density at radius 3 is 2.80 bits per heavy atom. The van der Waals surface area contributed by atoms with E-state index in [1.807, 2.05) is 23.1 Å². The van der Waals surface area contributed by atoms with E-state index in [4.69, 9.17) is 9.47 Å². The minimum Gasteiger partial charge on any atom is -0.496 e. The number of benzene rings is 2. The number of amides is 1. The molecule has 4 rings (SSSR count). The average Bonchev–Trinajstić information content (AvgIpc) is 3.44. The van der Waals surface area contributed by atoms with E-state index in [0.717, 1.165) is 28.9 Å². The van der Waals surface area contributed by atoms with Crippen molar-refractivity contribution < 1.29 is 18.7 Å². The molecule has 4 nitrogen and oxygen atoms in total. The van der Waals surface area contributed by atoms with Gasteiger partial charge in [-0.1, -0.05) is 12.1 Å². The number of fused-ring (bicyclic) bond motifs is 1. The summed E-state index contributed by atoms with van der Waals surface area (Å²) < 4.78 is 24.3. The van der Waals surface area contributed by atoms with Crippen LogP contribution in [0.3, 0.4) is 0 Å². The lowest BCUT2D eigenvalue weighted by atomic mass is 10.0. The molecule has 0 bridgehead atoms. The predicted octanol–water partition coefficient (Wildman–Crippen LogP) is 3.77. The number of nitrogens with zero attached hydrogens (tertiary/aromatic N) is 1. The number of halogens is 1. The molecule has 2 aromatic rings. The van der Waals surface area contributed by atoms with Crippen molar-refractivity contribution in [3.63, 3.8) is 0 Å². The van der Waals surface area contributed by atoms with Crippen molar-refractivity contribution in [1.29, 1.82) is 0 Å². The Morgan fingerprint density at radius 2 is 2.04 bits per heavy atom. The van der Waals surface area contributed by atoms with Gasteiger partial charge in [0.2, 0.25) is 0 Å². The van der Waals surface area contributed by atoms with Gasteiger partial charge in [-0.05, 0) is 42.5 Å². The number of rotatable bonds is 4. The molecule has 1 aliphatic heterocycles. The van der Waals surface area contributed by atoms with Gasteiger partial charge >= 0.3 is 0 Å². The highest BCUT2D eigenvalue weighted by atomic mass is 19.1. The lowest BCUT2D eigenvalue weighted by Gasteiger charge is -2.23. The average molecular weight is 341 g/mol. The third-order valence-electron chi connectivity index (χ3n) is 4.77. The van der Waals surface area contributed by atoms with Crippen molar-refractivity contribution in [2.75, 3.05) is 25.2 Å². The van der Waals surface area contributed by atoms with Crippen LogP contribution in [0.2, 0.25) is 0 Å². The smallest absolute Gasteiger partial charge is 0.253 e. The molecule has 0 saturated heterocycles. The number of carbonyl (C=O) groups is 1. The highest BCUT2D eigenvalue weighted by molar-refractivity contribution is 5.96. The maximum atomic E-state index is 13.5. The third-order valence-corrected chi connectivity index (χ3v) is 4.77. The molecule has 0 radical (unpaired) electrons. The van der Waals surface area contributed by atoms with Crippen molar-refractivity contribution in [3.05, 3.63) is 47.8 Å². The molecule has 0 spiro atoms. The first-order chi connectivity index (χ1) is 12.2. The van der Waals surface area contributed by atoms with Crippen LogP contribution in [0.25, 0.3) is 11.1 Å². The first-order valence-corrected chi connectivity index (χ1v) is 8.50. The fourth-order valence-corrected chi connectivity index (χ4v) is 3.23. The zero-order valence-corrected chi connectivity index (χ0v) is 14.1. The van der Waals surface area contributed by atoms with Gasteiger partial charge in [-0.2, -0.15) is 0 Å². The van der Waals surface area contributed by atoms with Crippen LogP contribution in [0.4, 0.5) is 10.1 Å². The molecule has 1 aliphatic carbocycles. The Kier molecular flexibility index (Phi) is 4.17. The van der Waals surface area contributed by atoms with E-state index in [2.05, 4.69) is 0 Å². The summed E-state index contributed by atoms with van der Waals surface area (Å²) in [7, 11) is 1.53. The minimum absolute atomic E-state index is 0.00567. The number of hydrogen-bond acceptors (Lipinski definition) is 3. The summed E-state index contributed by atoms with van der Waals surface area (Å²) in [6.45, 7) is 1.26. The van der Waals surface area contributed by atoms with Gasteiger partial charge in [0.15, 0.2) is 0 Å². The van der Waals surface area contributed by atoms with Crippen LogP contribution < -0.4 is 9.64 Å². The summed E-state index contributed by atoms with van der Waals surface area (Å²) in [5.74, 6) is 0.715. The Balaban J connectivity index is 1.78. The Morgan fingerprint density at radius 1 is 1.20 bits per heavy atom. The van der Waals surface area contributed by atoms with Crippen molar-refractivity contribution in [1.82, 2.24) is 0 Å². The molecule has 0 unspecified atom stereocenters. The minimum atomic E-state index is -0.339. The van der Waals surface area contributed by atoms with Crippen LogP contribution >= 0.6 is 0 Å². The molecule has 0 N–H and O–H groups in total.